The highest BCUT2D eigenvalue weighted by atomic mass is 15.1. The zero-order valence-corrected chi connectivity index (χ0v) is 12.5. The SMILES string of the molecule is CC(C)n1c(C2CCCCCC2N)nc2ccccc21. The molecule has 108 valence electrons. The van der Waals surface area contributed by atoms with Crippen LogP contribution < -0.4 is 5.73 Å². The molecule has 2 N–H and O–H groups in total. The fraction of sp³-hybridized carbons (Fsp3) is 0.588. The van der Waals surface area contributed by atoms with Gasteiger partial charge in [0.15, 0.2) is 0 Å². The Labute approximate surface area is 121 Å². The summed E-state index contributed by atoms with van der Waals surface area (Å²) >= 11 is 0. The summed E-state index contributed by atoms with van der Waals surface area (Å²) in [6.45, 7) is 4.47. The lowest BCUT2D eigenvalue weighted by atomic mass is 9.94. The van der Waals surface area contributed by atoms with Gasteiger partial charge >= 0.3 is 0 Å². The van der Waals surface area contributed by atoms with E-state index in [1.54, 1.807) is 0 Å². The second-order valence-corrected chi connectivity index (χ2v) is 6.33. The molecule has 20 heavy (non-hydrogen) atoms. The molecule has 0 saturated heterocycles. The number of imidazole rings is 1. The predicted octanol–water partition coefficient (Wildman–Crippen LogP) is 3.99. The van der Waals surface area contributed by atoms with E-state index in [1.165, 1.54) is 37.0 Å². The number of benzene rings is 1. The van der Waals surface area contributed by atoms with Crippen LogP contribution in [0.25, 0.3) is 11.0 Å². The number of hydrogen-bond donors (Lipinski definition) is 1. The first kappa shape index (κ1) is 13.6. The molecule has 2 unspecified atom stereocenters. The summed E-state index contributed by atoms with van der Waals surface area (Å²) < 4.78 is 2.39. The Balaban J connectivity index is 2.11. The number of nitrogens with two attached hydrogens (primary N) is 1. The van der Waals surface area contributed by atoms with E-state index in [0.717, 1.165) is 11.9 Å². The van der Waals surface area contributed by atoms with Gasteiger partial charge in [0.25, 0.3) is 0 Å². The van der Waals surface area contributed by atoms with Gasteiger partial charge in [0.1, 0.15) is 5.82 Å². The standard InChI is InChI=1S/C17H25N3/c1-12(2)20-16-11-7-6-10-15(16)19-17(20)13-8-4-3-5-9-14(13)18/h6-7,10-14H,3-5,8-9,18H2,1-2H3. The lowest BCUT2D eigenvalue weighted by Crippen LogP contribution is -2.29. The van der Waals surface area contributed by atoms with E-state index < -0.39 is 0 Å². The molecule has 1 aromatic carbocycles. The third kappa shape index (κ3) is 2.35. The minimum atomic E-state index is 0.256. The first-order valence-corrected chi connectivity index (χ1v) is 7.91. The topological polar surface area (TPSA) is 43.8 Å². The van der Waals surface area contributed by atoms with E-state index in [1.807, 2.05) is 0 Å². The molecule has 3 rings (SSSR count). The van der Waals surface area contributed by atoms with Gasteiger partial charge in [-0.2, -0.15) is 0 Å². The van der Waals surface area contributed by atoms with Crippen LogP contribution in [0, 0.1) is 0 Å². The van der Waals surface area contributed by atoms with Crippen molar-refractivity contribution in [3.8, 4) is 0 Å². The van der Waals surface area contributed by atoms with Crippen molar-refractivity contribution in [3.05, 3.63) is 30.1 Å². The van der Waals surface area contributed by atoms with Gasteiger partial charge in [-0.05, 0) is 38.8 Å². The van der Waals surface area contributed by atoms with Gasteiger partial charge in [0, 0.05) is 18.0 Å². The lowest BCUT2D eigenvalue weighted by Gasteiger charge is -2.24. The minimum absolute atomic E-state index is 0.256. The average molecular weight is 271 g/mol. The maximum Gasteiger partial charge on any atom is 0.114 e. The molecular formula is C17H25N3. The summed E-state index contributed by atoms with van der Waals surface area (Å²) in [7, 11) is 0. The fourth-order valence-electron chi connectivity index (χ4n) is 3.52. The molecule has 0 aliphatic heterocycles. The Hall–Kier alpha value is -1.35. The van der Waals surface area contributed by atoms with Crippen molar-refractivity contribution in [3.63, 3.8) is 0 Å². The van der Waals surface area contributed by atoms with Crippen molar-refractivity contribution < 1.29 is 0 Å². The summed E-state index contributed by atoms with van der Waals surface area (Å²) in [6, 6.07) is 9.13. The van der Waals surface area contributed by atoms with Crippen LogP contribution in [0.4, 0.5) is 0 Å². The number of rotatable bonds is 2. The first-order valence-electron chi connectivity index (χ1n) is 7.91. The number of hydrogen-bond acceptors (Lipinski definition) is 2. The molecule has 1 heterocycles. The van der Waals surface area contributed by atoms with E-state index in [4.69, 9.17) is 10.7 Å². The zero-order valence-electron chi connectivity index (χ0n) is 12.5. The van der Waals surface area contributed by atoms with Crippen molar-refractivity contribution in [2.75, 3.05) is 0 Å². The maximum atomic E-state index is 6.45. The monoisotopic (exact) mass is 271 g/mol. The van der Waals surface area contributed by atoms with Crippen molar-refractivity contribution in [1.29, 1.82) is 0 Å². The van der Waals surface area contributed by atoms with Crippen molar-refractivity contribution in [2.24, 2.45) is 5.73 Å². The summed E-state index contributed by atoms with van der Waals surface area (Å²) in [5, 5.41) is 0. The van der Waals surface area contributed by atoms with Crippen LogP contribution in [0.5, 0.6) is 0 Å². The van der Waals surface area contributed by atoms with E-state index in [9.17, 15) is 0 Å². The Morgan fingerprint density at radius 2 is 1.90 bits per heavy atom. The van der Waals surface area contributed by atoms with Crippen LogP contribution in [0.1, 0.15) is 63.7 Å². The molecule has 2 atom stereocenters. The van der Waals surface area contributed by atoms with E-state index >= 15 is 0 Å². The minimum Gasteiger partial charge on any atom is -0.327 e. The van der Waals surface area contributed by atoms with Gasteiger partial charge in [-0.15, -0.1) is 0 Å². The molecule has 1 aliphatic rings. The van der Waals surface area contributed by atoms with E-state index in [0.29, 0.717) is 12.0 Å². The summed E-state index contributed by atoms with van der Waals surface area (Å²) in [6.07, 6.45) is 6.16. The predicted molar refractivity (Wildman–Crippen MR) is 83.9 cm³/mol. The highest BCUT2D eigenvalue weighted by molar-refractivity contribution is 5.76. The number of fused-ring (bicyclic) bond motifs is 1. The largest absolute Gasteiger partial charge is 0.327 e. The number of nitrogens with zero attached hydrogens (tertiary/aromatic N) is 2. The van der Waals surface area contributed by atoms with Gasteiger partial charge in [-0.3, -0.25) is 0 Å². The highest BCUT2D eigenvalue weighted by Gasteiger charge is 2.27. The van der Waals surface area contributed by atoms with E-state index in [2.05, 4.69) is 42.7 Å². The Morgan fingerprint density at radius 1 is 1.15 bits per heavy atom. The van der Waals surface area contributed by atoms with Gasteiger partial charge in [0.2, 0.25) is 0 Å². The summed E-state index contributed by atoms with van der Waals surface area (Å²) in [4.78, 5) is 4.93. The van der Waals surface area contributed by atoms with Crippen molar-refractivity contribution >= 4 is 11.0 Å². The fourth-order valence-corrected chi connectivity index (χ4v) is 3.52. The Morgan fingerprint density at radius 3 is 2.70 bits per heavy atom. The molecule has 3 heteroatoms. The molecule has 0 spiro atoms. The number of para-hydroxylation sites is 2. The molecule has 3 nitrogen and oxygen atoms in total. The summed E-state index contributed by atoms with van der Waals surface area (Å²) in [5.41, 5.74) is 8.80. The molecule has 1 saturated carbocycles. The van der Waals surface area contributed by atoms with Gasteiger partial charge < -0.3 is 10.3 Å². The van der Waals surface area contributed by atoms with Gasteiger partial charge in [0.05, 0.1) is 11.0 Å². The lowest BCUT2D eigenvalue weighted by molar-refractivity contribution is 0.450. The molecule has 2 aromatic rings. The molecule has 0 radical (unpaired) electrons. The third-order valence-corrected chi connectivity index (χ3v) is 4.54. The second-order valence-electron chi connectivity index (χ2n) is 6.33. The zero-order chi connectivity index (χ0) is 14.1. The Kier molecular flexibility index (Phi) is 3.79. The molecule has 1 aromatic heterocycles. The average Bonchev–Trinajstić information content (AvgIpc) is 2.68. The second kappa shape index (κ2) is 5.57. The summed E-state index contributed by atoms with van der Waals surface area (Å²) in [5.74, 6) is 1.61. The quantitative estimate of drug-likeness (QED) is 0.839. The normalized spacial score (nSPS) is 24.2. The third-order valence-electron chi connectivity index (χ3n) is 4.54. The van der Waals surface area contributed by atoms with Gasteiger partial charge in [-0.1, -0.05) is 31.4 Å². The smallest absolute Gasteiger partial charge is 0.114 e. The van der Waals surface area contributed by atoms with Crippen LogP contribution in [0.3, 0.4) is 0 Å². The molecule has 1 fully saturated rings. The molecule has 0 amide bonds. The van der Waals surface area contributed by atoms with Crippen LogP contribution in [-0.4, -0.2) is 15.6 Å². The molecule has 0 bridgehead atoms. The first-order chi connectivity index (χ1) is 9.68. The van der Waals surface area contributed by atoms with Crippen molar-refractivity contribution in [1.82, 2.24) is 9.55 Å². The Bertz CT molecular complexity index is 585. The molecule has 1 aliphatic carbocycles. The van der Waals surface area contributed by atoms with Crippen LogP contribution >= 0.6 is 0 Å². The van der Waals surface area contributed by atoms with Crippen LogP contribution in [0.15, 0.2) is 24.3 Å². The van der Waals surface area contributed by atoms with Crippen LogP contribution in [-0.2, 0) is 0 Å². The highest BCUT2D eigenvalue weighted by Crippen LogP contribution is 2.34. The number of aromatic nitrogens is 2. The van der Waals surface area contributed by atoms with Crippen molar-refractivity contribution in [2.45, 2.75) is 64.0 Å². The van der Waals surface area contributed by atoms with Crippen LogP contribution in [0.2, 0.25) is 0 Å². The molecular weight excluding hydrogens is 246 g/mol. The maximum absolute atomic E-state index is 6.45. The van der Waals surface area contributed by atoms with E-state index in [-0.39, 0.29) is 6.04 Å². The van der Waals surface area contributed by atoms with Gasteiger partial charge in [-0.25, -0.2) is 4.98 Å².